The highest BCUT2D eigenvalue weighted by atomic mass is 15.1. The van der Waals surface area contributed by atoms with Gasteiger partial charge in [-0.25, -0.2) is 0 Å². The molecule has 1 aromatic carbocycles. The van der Waals surface area contributed by atoms with Gasteiger partial charge in [-0.2, -0.15) is 0 Å². The van der Waals surface area contributed by atoms with Crippen LogP contribution < -0.4 is 10.2 Å². The normalized spacial score (nSPS) is 27.2. The molecule has 2 unspecified atom stereocenters. The van der Waals surface area contributed by atoms with Crippen LogP contribution in [0.15, 0.2) is 18.2 Å². The van der Waals surface area contributed by atoms with Crippen molar-refractivity contribution in [2.45, 2.75) is 32.2 Å². The summed E-state index contributed by atoms with van der Waals surface area (Å²) in [4.78, 5) is 2.40. The van der Waals surface area contributed by atoms with Crippen molar-refractivity contribution in [3.8, 4) is 0 Å². The second kappa shape index (κ2) is 4.58. The molecule has 1 aliphatic heterocycles. The molecule has 0 aromatic heterocycles. The highest BCUT2D eigenvalue weighted by molar-refractivity contribution is 5.58. The summed E-state index contributed by atoms with van der Waals surface area (Å²) in [5, 5.41) is 3.50. The maximum absolute atomic E-state index is 3.50. The second-order valence-corrected chi connectivity index (χ2v) is 6.16. The molecule has 0 bridgehead atoms. The van der Waals surface area contributed by atoms with Gasteiger partial charge in [0.1, 0.15) is 0 Å². The van der Waals surface area contributed by atoms with Crippen LogP contribution in [-0.2, 0) is 6.42 Å². The van der Waals surface area contributed by atoms with Crippen LogP contribution in [0, 0.1) is 11.8 Å². The minimum absolute atomic E-state index is 0.510. The molecule has 0 spiro atoms. The van der Waals surface area contributed by atoms with Gasteiger partial charge in [-0.05, 0) is 55.3 Å². The van der Waals surface area contributed by atoms with Crippen LogP contribution in [0.4, 0.5) is 5.69 Å². The van der Waals surface area contributed by atoms with Gasteiger partial charge in [0.2, 0.25) is 0 Å². The van der Waals surface area contributed by atoms with E-state index in [0.717, 1.165) is 12.5 Å². The van der Waals surface area contributed by atoms with Crippen LogP contribution in [0.3, 0.4) is 0 Å². The smallest absolute Gasteiger partial charge is 0.0412 e. The minimum atomic E-state index is 0.510. The monoisotopic (exact) mass is 244 g/mol. The number of fused-ring (bicyclic) bond motifs is 1. The van der Waals surface area contributed by atoms with Gasteiger partial charge in [0, 0.05) is 25.3 Å². The molecule has 1 N–H and O–H groups in total. The summed E-state index contributed by atoms with van der Waals surface area (Å²) in [5.74, 6) is 1.64. The summed E-state index contributed by atoms with van der Waals surface area (Å²) in [6.45, 7) is 3.48. The Labute approximate surface area is 110 Å². The van der Waals surface area contributed by atoms with Crippen LogP contribution in [0.5, 0.6) is 0 Å². The molecule has 1 saturated carbocycles. The number of hydrogen-bond donors (Lipinski definition) is 1. The lowest BCUT2D eigenvalue weighted by molar-refractivity contribution is 0.397. The summed E-state index contributed by atoms with van der Waals surface area (Å²) >= 11 is 0. The van der Waals surface area contributed by atoms with E-state index in [2.05, 4.69) is 49.4 Å². The number of anilines is 1. The Kier molecular flexibility index (Phi) is 3.06. The third kappa shape index (κ3) is 2.14. The van der Waals surface area contributed by atoms with Gasteiger partial charge in [-0.15, -0.1) is 0 Å². The van der Waals surface area contributed by atoms with E-state index in [1.54, 1.807) is 0 Å². The SMILES string of the molecule is CNC1c2cc(CC3CC3)ccc2N(C)CC1C. The van der Waals surface area contributed by atoms with Crippen molar-refractivity contribution in [3.05, 3.63) is 29.3 Å². The largest absolute Gasteiger partial charge is 0.374 e. The molecule has 1 aliphatic carbocycles. The molecule has 98 valence electrons. The first-order valence-electron chi connectivity index (χ1n) is 7.20. The fourth-order valence-electron chi connectivity index (χ4n) is 3.37. The van der Waals surface area contributed by atoms with E-state index in [-0.39, 0.29) is 0 Å². The molecule has 18 heavy (non-hydrogen) atoms. The number of nitrogens with zero attached hydrogens (tertiary/aromatic N) is 1. The topological polar surface area (TPSA) is 15.3 Å². The Bertz CT molecular complexity index is 437. The zero-order valence-corrected chi connectivity index (χ0v) is 11.7. The van der Waals surface area contributed by atoms with E-state index in [0.29, 0.717) is 12.0 Å². The Hall–Kier alpha value is -1.02. The predicted molar refractivity (Wildman–Crippen MR) is 77.1 cm³/mol. The zero-order valence-electron chi connectivity index (χ0n) is 11.7. The third-order valence-corrected chi connectivity index (χ3v) is 4.50. The Morgan fingerprint density at radius 2 is 2.11 bits per heavy atom. The van der Waals surface area contributed by atoms with Crippen LogP contribution in [-0.4, -0.2) is 20.6 Å². The Morgan fingerprint density at radius 1 is 1.33 bits per heavy atom. The summed E-state index contributed by atoms with van der Waals surface area (Å²) in [6, 6.07) is 7.61. The first kappa shape index (κ1) is 12.0. The number of nitrogens with one attached hydrogen (secondary N) is 1. The summed E-state index contributed by atoms with van der Waals surface area (Å²) in [7, 11) is 4.30. The van der Waals surface area contributed by atoms with E-state index >= 15 is 0 Å². The van der Waals surface area contributed by atoms with Crippen LogP contribution in [0.25, 0.3) is 0 Å². The molecule has 1 heterocycles. The van der Waals surface area contributed by atoms with E-state index < -0.39 is 0 Å². The van der Waals surface area contributed by atoms with Gasteiger partial charge in [0.15, 0.2) is 0 Å². The molecule has 2 nitrogen and oxygen atoms in total. The molecule has 0 radical (unpaired) electrons. The summed E-state index contributed by atoms with van der Waals surface area (Å²) < 4.78 is 0. The Morgan fingerprint density at radius 3 is 2.78 bits per heavy atom. The van der Waals surface area contributed by atoms with E-state index in [1.807, 2.05) is 0 Å². The molecule has 1 aromatic rings. The van der Waals surface area contributed by atoms with Crippen molar-refractivity contribution in [2.24, 2.45) is 11.8 Å². The molecule has 0 saturated heterocycles. The first-order valence-corrected chi connectivity index (χ1v) is 7.20. The molecule has 2 aliphatic rings. The second-order valence-electron chi connectivity index (χ2n) is 6.16. The van der Waals surface area contributed by atoms with Crippen molar-refractivity contribution in [3.63, 3.8) is 0 Å². The molecular weight excluding hydrogens is 220 g/mol. The fraction of sp³-hybridized carbons (Fsp3) is 0.625. The fourth-order valence-corrected chi connectivity index (χ4v) is 3.37. The summed E-state index contributed by atoms with van der Waals surface area (Å²) in [5.41, 5.74) is 4.43. The van der Waals surface area contributed by atoms with Crippen molar-refractivity contribution in [1.29, 1.82) is 0 Å². The van der Waals surface area contributed by atoms with Crippen molar-refractivity contribution in [1.82, 2.24) is 5.32 Å². The highest BCUT2D eigenvalue weighted by Gasteiger charge is 2.29. The Balaban J connectivity index is 1.94. The zero-order chi connectivity index (χ0) is 12.7. The average molecular weight is 244 g/mol. The lowest BCUT2D eigenvalue weighted by Gasteiger charge is -2.38. The van der Waals surface area contributed by atoms with Crippen LogP contribution in [0.1, 0.15) is 36.9 Å². The van der Waals surface area contributed by atoms with Crippen LogP contribution >= 0.6 is 0 Å². The number of hydrogen-bond acceptors (Lipinski definition) is 2. The minimum Gasteiger partial charge on any atom is -0.374 e. The first-order chi connectivity index (χ1) is 8.69. The van der Waals surface area contributed by atoms with Gasteiger partial charge < -0.3 is 10.2 Å². The van der Waals surface area contributed by atoms with Gasteiger partial charge in [-0.3, -0.25) is 0 Å². The molecule has 1 fully saturated rings. The maximum atomic E-state index is 3.50. The number of rotatable bonds is 3. The van der Waals surface area contributed by atoms with E-state index in [4.69, 9.17) is 0 Å². The average Bonchev–Trinajstić information content (AvgIpc) is 3.13. The highest BCUT2D eigenvalue weighted by Crippen LogP contribution is 2.38. The molecule has 2 atom stereocenters. The maximum Gasteiger partial charge on any atom is 0.0412 e. The van der Waals surface area contributed by atoms with Gasteiger partial charge in [0.25, 0.3) is 0 Å². The third-order valence-electron chi connectivity index (χ3n) is 4.50. The summed E-state index contributed by atoms with van der Waals surface area (Å²) in [6.07, 6.45) is 4.15. The van der Waals surface area contributed by atoms with Crippen molar-refractivity contribution < 1.29 is 0 Å². The lowest BCUT2D eigenvalue weighted by atomic mass is 9.87. The number of benzene rings is 1. The van der Waals surface area contributed by atoms with Gasteiger partial charge >= 0.3 is 0 Å². The predicted octanol–water partition coefficient (Wildman–Crippen LogP) is 2.99. The van der Waals surface area contributed by atoms with Crippen molar-refractivity contribution >= 4 is 5.69 Å². The molecular formula is C16H24N2. The quantitative estimate of drug-likeness (QED) is 0.879. The van der Waals surface area contributed by atoms with Crippen LogP contribution in [0.2, 0.25) is 0 Å². The standard InChI is InChI=1S/C16H24N2/c1-11-10-18(3)15-7-6-13(8-12-4-5-12)9-14(15)16(11)17-2/h6-7,9,11-12,16-17H,4-5,8,10H2,1-3H3. The molecule has 3 rings (SSSR count). The van der Waals surface area contributed by atoms with Gasteiger partial charge in [0.05, 0.1) is 0 Å². The van der Waals surface area contributed by atoms with Crippen molar-refractivity contribution in [2.75, 3.05) is 25.5 Å². The van der Waals surface area contributed by atoms with E-state index in [1.165, 1.54) is 36.1 Å². The molecule has 2 heteroatoms. The lowest BCUT2D eigenvalue weighted by Crippen LogP contribution is -2.38. The van der Waals surface area contributed by atoms with Gasteiger partial charge in [-0.1, -0.05) is 19.1 Å². The van der Waals surface area contributed by atoms with E-state index in [9.17, 15) is 0 Å². The molecule has 0 amide bonds.